The van der Waals surface area contributed by atoms with E-state index in [0.717, 1.165) is 17.7 Å². The second-order valence-corrected chi connectivity index (χ2v) is 6.32. The summed E-state index contributed by atoms with van der Waals surface area (Å²) in [6.07, 6.45) is 0.145. The van der Waals surface area contributed by atoms with Gasteiger partial charge < -0.3 is 10.1 Å². The summed E-state index contributed by atoms with van der Waals surface area (Å²) < 4.78 is 32.5. The van der Waals surface area contributed by atoms with Crippen LogP contribution < -0.4 is 5.32 Å². The zero-order chi connectivity index (χ0) is 18.7. The van der Waals surface area contributed by atoms with E-state index in [9.17, 15) is 18.4 Å². The Morgan fingerprint density at radius 1 is 1.23 bits per heavy atom. The van der Waals surface area contributed by atoms with Crippen LogP contribution in [0.1, 0.15) is 18.9 Å². The van der Waals surface area contributed by atoms with Gasteiger partial charge in [-0.2, -0.15) is 0 Å². The minimum atomic E-state index is -1.79. The molecule has 1 aliphatic carbocycles. The van der Waals surface area contributed by atoms with Crippen LogP contribution in [-0.2, 0) is 20.9 Å². The van der Waals surface area contributed by atoms with Gasteiger partial charge in [0.05, 0.1) is 5.57 Å². The fourth-order valence-corrected chi connectivity index (χ4v) is 3.13. The van der Waals surface area contributed by atoms with Gasteiger partial charge in [-0.15, -0.1) is 0 Å². The van der Waals surface area contributed by atoms with Crippen LogP contribution in [0, 0.1) is 5.92 Å². The van der Waals surface area contributed by atoms with Crippen molar-refractivity contribution in [2.24, 2.45) is 5.92 Å². The molecule has 1 aliphatic heterocycles. The van der Waals surface area contributed by atoms with Gasteiger partial charge in [0.25, 0.3) is 0 Å². The number of esters is 1. The Bertz CT molecular complexity index is 799. The molecule has 3 rings (SSSR count). The fourth-order valence-electron chi connectivity index (χ4n) is 3.13. The predicted octanol–water partition coefficient (Wildman–Crippen LogP) is 3.31. The topological polar surface area (TPSA) is 55.4 Å². The van der Waals surface area contributed by atoms with Crippen LogP contribution in [0.25, 0.3) is 0 Å². The highest BCUT2D eigenvalue weighted by molar-refractivity contribution is 5.95. The summed E-state index contributed by atoms with van der Waals surface area (Å²) in [4.78, 5) is 24.5. The van der Waals surface area contributed by atoms with Gasteiger partial charge in [-0.3, -0.25) is 4.79 Å². The van der Waals surface area contributed by atoms with E-state index in [4.69, 9.17) is 4.74 Å². The number of nitrogens with one attached hydrogen (secondary N) is 1. The largest absolute Gasteiger partial charge is 0.457 e. The Kier molecular flexibility index (Phi) is 5.30. The molecule has 1 heterocycles. The van der Waals surface area contributed by atoms with E-state index in [0.29, 0.717) is 11.3 Å². The summed E-state index contributed by atoms with van der Waals surface area (Å²) in [5, 5.41) is 2.62. The van der Waals surface area contributed by atoms with Gasteiger partial charge in [0.15, 0.2) is 12.3 Å². The molecule has 0 bridgehead atoms. The third kappa shape index (κ3) is 3.90. The first-order valence-electron chi connectivity index (χ1n) is 8.35. The first kappa shape index (κ1) is 18.0. The van der Waals surface area contributed by atoms with Crippen LogP contribution in [0.4, 0.5) is 8.78 Å². The Labute approximate surface area is 150 Å². The second-order valence-electron chi connectivity index (χ2n) is 6.32. The van der Waals surface area contributed by atoms with Crippen molar-refractivity contribution in [2.45, 2.75) is 32.3 Å². The molecule has 136 valence electrons. The third-order valence-corrected chi connectivity index (χ3v) is 4.43. The molecule has 6 heteroatoms. The van der Waals surface area contributed by atoms with Gasteiger partial charge in [-0.05, 0) is 30.2 Å². The number of amides is 1. The molecule has 1 N–H and O–H groups in total. The molecule has 0 aromatic heterocycles. The lowest BCUT2D eigenvalue weighted by Crippen LogP contribution is -2.36. The van der Waals surface area contributed by atoms with Crippen LogP contribution in [0.2, 0.25) is 0 Å². The summed E-state index contributed by atoms with van der Waals surface area (Å²) in [5.41, 5.74) is 1.88. The van der Waals surface area contributed by atoms with Gasteiger partial charge in [-0.25, -0.2) is 13.6 Å². The molecule has 0 spiro atoms. The van der Waals surface area contributed by atoms with Gasteiger partial charge in [0, 0.05) is 18.0 Å². The lowest BCUT2D eigenvalue weighted by Gasteiger charge is -2.28. The zero-order valence-electron chi connectivity index (χ0n) is 14.2. The molecule has 0 saturated carbocycles. The van der Waals surface area contributed by atoms with Crippen molar-refractivity contribution in [3.8, 4) is 0 Å². The molecule has 0 saturated heterocycles. The van der Waals surface area contributed by atoms with E-state index in [1.165, 1.54) is 6.08 Å². The van der Waals surface area contributed by atoms with Crippen LogP contribution in [0.15, 0.2) is 65.4 Å². The van der Waals surface area contributed by atoms with Crippen molar-refractivity contribution in [1.29, 1.82) is 0 Å². The Morgan fingerprint density at radius 3 is 2.65 bits per heavy atom. The summed E-state index contributed by atoms with van der Waals surface area (Å²) in [6, 6.07) is 9.19. The number of allylic oxidation sites excluding steroid dienone is 5. The van der Waals surface area contributed by atoms with E-state index >= 15 is 0 Å². The molecule has 4 nitrogen and oxygen atoms in total. The first-order valence-corrected chi connectivity index (χ1v) is 8.35. The van der Waals surface area contributed by atoms with Gasteiger partial charge in [0.1, 0.15) is 6.61 Å². The van der Waals surface area contributed by atoms with E-state index in [1.807, 2.05) is 30.3 Å². The Morgan fingerprint density at radius 2 is 1.96 bits per heavy atom. The van der Waals surface area contributed by atoms with E-state index < -0.39 is 24.2 Å². The Hall–Kier alpha value is -2.76. The zero-order valence-corrected chi connectivity index (χ0v) is 14.2. The summed E-state index contributed by atoms with van der Waals surface area (Å²) >= 11 is 0. The molecule has 1 aromatic carbocycles. The highest BCUT2D eigenvalue weighted by atomic mass is 19.2. The van der Waals surface area contributed by atoms with E-state index in [2.05, 4.69) is 5.32 Å². The number of hydrogen-bond acceptors (Lipinski definition) is 3. The predicted molar refractivity (Wildman–Crippen MR) is 92.2 cm³/mol. The Balaban J connectivity index is 1.83. The monoisotopic (exact) mass is 359 g/mol. The van der Waals surface area contributed by atoms with Crippen LogP contribution >= 0.6 is 0 Å². The van der Waals surface area contributed by atoms with Crippen molar-refractivity contribution < 1.29 is 23.1 Å². The fraction of sp³-hybridized carbons (Fsp3) is 0.300. The molecular formula is C20H19F2NO3. The summed E-state index contributed by atoms with van der Waals surface area (Å²) in [7, 11) is 0. The molecular weight excluding hydrogens is 340 g/mol. The number of alkyl halides is 2. The maximum Gasteiger partial charge on any atom is 0.336 e. The molecule has 3 atom stereocenters. The van der Waals surface area contributed by atoms with Crippen LogP contribution in [0.5, 0.6) is 0 Å². The average Bonchev–Trinajstić information content (AvgIpc) is 2.62. The standard InChI is InChI=1S/C20H19F2NO3/c1-12-19(20(25)26-11-13-5-3-2-4-6-13)15(10-18(24)23-12)14-7-8-16(21)17(22)9-14/h2-9,15-17H,10-11H2,1H3,(H,23,24). The molecule has 3 unspecified atom stereocenters. The summed E-state index contributed by atoms with van der Waals surface area (Å²) in [6.45, 7) is 1.69. The minimum Gasteiger partial charge on any atom is -0.457 e. The number of ether oxygens (including phenoxy) is 1. The molecule has 0 fully saturated rings. The molecule has 2 aliphatic rings. The second kappa shape index (κ2) is 7.64. The van der Waals surface area contributed by atoms with Crippen molar-refractivity contribution in [1.82, 2.24) is 5.32 Å². The maximum absolute atomic E-state index is 13.7. The SMILES string of the molecule is CC1=C(C(=O)OCc2ccccc2)C(C2=CC(F)C(F)C=C2)CC(=O)N1. The number of carbonyl (C=O) groups is 2. The first-order chi connectivity index (χ1) is 12.5. The van der Waals surface area contributed by atoms with Gasteiger partial charge >= 0.3 is 5.97 Å². The summed E-state index contributed by atoms with van der Waals surface area (Å²) in [5.74, 6) is -1.52. The van der Waals surface area contributed by atoms with Crippen molar-refractivity contribution >= 4 is 11.9 Å². The highest BCUT2D eigenvalue weighted by Gasteiger charge is 2.35. The van der Waals surface area contributed by atoms with E-state index in [-0.39, 0.29) is 24.5 Å². The van der Waals surface area contributed by atoms with Crippen LogP contribution in [-0.4, -0.2) is 24.2 Å². The van der Waals surface area contributed by atoms with Crippen molar-refractivity contribution in [3.05, 3.63) is 71.0 Å². The quantitative estimate of drug-likeness (QED) is 0.839. The number of hydrogen-bond donors (Lipinski definition) is 1. The maximum atomic E-state index is 13.7. The normalized spacial score (nSPS) is 25.6. The van der Waals surface area contributed by atoms with Crippen molar-refractivity contribution in [3.63, 3.8) is 0 Å². The van der Waals surface area contributed by atoms with E-state index in [1.54, 1.807) is 6.92 Å². The van der Waals surface area contributed by atoms with Crippen molar-refractivity contribution in [2.75, 3.05) is 0 Å². The smallest absolute Gasteiger partial charge is 0.336 e. The molecule has 0 radical (unpaired) electrons. The van der Waals surface area contributed by atoms with Crippen LogP contribution in [0.3, 0.4) is 0 Å². The lowest BCUT2D eigenvalue weighted by molar-refractivity contribution is -0.141. The third-order valence-electron chi connectivity index (χ3n) is 4.43. The number of halogens is 2. The number of rotatable bonds is 4. The molecule has 1 amide bonds. The lowest BCUT2D eigenvalue weighted by atomic mass is 9.81. The average molecular weight is 359 g/mol. The number of benzene rings is 1. The minimum absolute atomic E-state index is 0.0209. The number of carbonyl (C=O) groups excluding carboxylic acids is 2. The molecule has 1 aromatic rings. The van der Waals surface area contributed by atoms with Gasteiger partial charge in [0.2, 0.25) is 5.91 Å². The molecule has 26 heavy (non-hydrogen) atoms. The highest BCUT2D eigenvalue weighted by Crippen LogP contribution is 2.34. The van der Waals surface area contributed by atoms with Gasteiger partial charge in [-0.1, -0.05) is 36.4 Å².